The first-order valence-corrected chi connectivity index (χ1v) is 8.01. The van der Waals surface area contributed by atoms with Crippen molar-refractivity contribution in [1.82, 2.24) is 4.90 Å². The van der Waals surface area contributed by atoms with Gasteiger partial charge in [0, 0.05) is 31.2 Å². The zero-order chi connectivity index (χ0) is 14.7. The highest BCUT2D eigenvalue weighted by atomic mass is 19.1. The van der Waals surface area contributed by atoms with E-state index < -0.39 is 0 Å². The van der Waals surface area contributed by atoms with Crippen LogP contribution in [0.4, 0.5) is 10.1 Å². The summed E-state index contributed by atoms with van der Waals surface area (Å²) in [5.41, 5.74) is 0.976. The number of anilines is 1. The second-order valence-corrected chi connectivity index (χ2v) is 6.19. The molecule has 0 amide bonds. The van der Waals surface area contributed by atoms with Gasteiger partial charge in [-0.25, -0.2) is 4.39 Å². The maximum Gasteiger partial charge on any atom is 0.149 e. The summed E-state index contributed by atoms with van der Waals surface area (Å²) in [6.45, 7) is 1.96. The van der Waals surface area contributed by atoms with Crippen LogP contribution in [0, 0.1) is 5.82 Å². The largest absolute Gasteiger partial charge is 0.382 e. The van der Waals surface area contributed by atoms with Gasteiger partial charge < -0.3 is 5.32 Å². The van der Waals surface area contributed by atoms with Crippen molar-refractivity contribution in [3.63, 3.8) is 0 Å². The number of ketones is 1. The minimum Gasteiger partial charge on any atom is -0.382 e. The molecule has 1 saturated heterocycles. The monoisotopic (exact) mass is 290 g/mol. The van der Waals surface area contributed by atoms with E-state index in [4.69, 9.17) is 0 Å². The number of carbonyl (C=O) groups excluding carboxylic acids is 1. The minimum absolute atomic E-state index is 0.172. The molecule has 3 rings (SSSR count). The van der Waals surface area contributed by atoms with Crippen molar-refractivity contribution in [2.75, 3.05) is 18.4 Å². The Hall–Kier alpha value is -1.42. The second kappa shape index (κ2) is 6.56. The third-order valence-corrected chi connectivity index (χ3v) is 4.71. The Morgan fingerprint density at radius 2 is 1.76 bits per heavy atom. The molecule has 1 saturated carbocycles. The SMILES string of the molecule is O=C1CCCCC1N1CCC(Nc2ccc(F)cc2)CC1. The fourth-order valence-corrected chi connectivity index (χ4v) is 3.49. The molecule has 1 heterocycles. The van der Waals surface area contributed by atoms with Crippen LogP contribution in [0.15, 0.2) is 24.3 Å². The van der Waals surface area contributed by atoms with Crippen LogP contribution in [0.2, 0.25) is 0 Å². The Labute approximate surface area is 125 Å². The van der Waals surface area contributed by atoms with Gasteiger partial charge in [0.25, 0.3) is 0 Å². The Morgan fingerprint density at radius 1 is 1.05 bits per heavy atom. The average Bonchev–Trinajstić information content (AvgIpc) is 2.51. The highest BCUT2D eigenvalue weighted by Gasteiger charge is 2.30. The smallest absolute Gasteiger partial charge is 0.149 e. The molecule has 1 aliphatic heterocycles. The number of likely N-dealkylation sites (tertiary alicyclic amines) is 1. The summed E-state index contributed by atoms with van der Waals surface area (Å²) in [5.74, 6) is 0.234. The molecule has 2 aliphatic rings. The van der Waals surface area contributed by atoms with Gasteiger partial charge in [-0.2, -0.15) is 0 Å². The molecule has 4 heteroatoms. The highest BCUT2D eigenvalue weighted by molar-refractivity contribution is 5.84. The molecule has 114 valence electrons. The van der Waals surface area contributed by atoms with Crippen LogP contribution in [0.25, 0.3) is 0 Å². The number of nitrogens with zero attached hydrogens (tertiary/aromatic N) is 1. The van der Waals surface area contributed by atoms with Crippen molar-refractivity contribution < 1.29 is 9.18 Å². The van der Waals surface area contributed by atoms with Gasteiger partial charge in [0.1, 0.15) is 11.6 Å². The lowest BCUT2D eigenvalue weighted by Gasteiger charge is -2.38. The van der Waals surface area contributed by atoms with Crippen molar-refractivity contribution in [3.05, 3.63) is 30.1 Å². The fraction of sp³-hybridized carbons (Fsp3) is 0.588. The van der Waals surface area contributed by atoms with Crippen LogP contribution >= 0.6 is 0 Å². The average molecular weight is 290 g/mol. The van der Waals surface area contributed by atoms with Crippen LogP contribution < -0.4 is 5.32 Å². The van der Waals surface area contributed by atoms with Gasteiger partial charge in [-0.1, -0.05) is 6.42 Å². The predicted octanol–water partition coefficient (Wildman–Crippen LogP) is 3.21. The Kier molecular flexibility index (Phi) is 4.54. The molecule has 0 radical (unpaired) electrons. The van der Waals surface area contributed by atoms with Gasteiger partial charge >= 0.3 is 0 Å². The van der Waals surface area contributed by atoms with E-state index in [0.717, 1.165) is 50.9 Å². The normalized spacial score (nSPS) is 25.0. The number of carbonyl (C=O) groups is 1. The lowest BCUT2D eigenvalue weighted by molar-refractivity contribution is -0.126. The number of halogens is 1. The summed E-state index contributed by atoms with van der Waals surface area (Å²) in [6.07, 6.45) is 6.14. The van der Waals surface area contributed by atoms with Crippen LogP contribution in [0.5, 0.6) is 0 Å². The minimum atomic E-state index is -0.203. The number of piperidine rings is 1. The zero-order valence-electron chi connectivity index (χ0n) is 12.4. The number of hydrogen-bond donors (Lipinski definition) is 1. The lowest BCUT2D eigenvalue weighted by atomic mass is 9.91. The summed E-state index contributed by atoms with van der Waals surface area (Å²) in [6, 6.07) is 7.13. The van der Waals surface area contributed by atoms with E-state index in [0.29, 0.717) is 11.8 Å². The number of benzene rings is 1. The van der Waals surface area contributed by atoms with E-state index in [-0.39, 0.29) is 11.9 Å². The number of nitrogens with one attached hydrogen (secondary N) is 1. The van der Waals surface area contributed by atoms with Crippen molar-refractivity contribution in [2.24, 2.45) is 0 Å². The van der Waals surface area contributed by atoms with Gasteiger partial charge in [-0.3, -0.25) is 9.69 Å². The molecule has 3 nitrogen and oxygen atoms in total. The Morgan fingerprint density at radius 3 is 2.43 bits per heavy atom. The van der Waals surface area contributed by atoms with Crippen molar-refractivity contribution in [1.29, 1.82) is 0 Å². The quantitative estimate of drug-likeness (QED) is 0.927. The molecule has 0 bridgehead atoms. The molecule has 2 fully saturated rings. The third kappa shape index (κ3) is 3.62. The Bertz CT molecular complexity index is 480. The summed E-state index contributed by atoms with van der Waals surface area (Å²) in [4.78, 5) is 14.4. The molecule has 1 aromatic rings. The van der Waals surface area contributed by atoms with Crippen LogP contribution in [-0.2, 0) is 4.79 Å². The first kappa shape index (κ1) is 14.5. The molecule has 1 aromatic carbocycles. The van der Waals surface area contributed by atoms with Gasteiger partial charge in [-0.05, 0) is 49.9 Å². The van der Waals surface area contributed by atoms with Crippen molar-refractivity contribution >= 4 is 11.5 Å². The van der Waals surface area contributed by atoms with E-state index in [9.17, 15) is 9.18 Å². The van der Waals surface area contributed by atoms with E-state index in [1.165, 1.54) is 18.6 Å². The van der Waals surface area contributed by atoms with Crippen LogP contribution in [0.3, 0.4) is 0 Å². The van der Waals surface area contributed by atoms with Gasteiger partial charge in [0.15, 0.2) is 0 Å². The first-order chi connectivity index (χ1) is 10.2. The van der Waals surface area contributed by atoms with Gasteiger partial charge in [0.05, 0.1) is 6.04 Å². The van der Waals surface area contributed by atoms with E-state index in [2.05, 4.69) is 10.2 Å². The summed E-state index contributed by atoms with van der Waals surface area (Å²) in [7, 11) is 0. The van der Waals surface area contributed by atoms with E-state index in [1.807, 2.05) is 0 Å². The molecule has 0 spiro atoms. The molecule has 0 aromatic heterocycles. The number of Topliss-reactive ketones (excluding diaryl/α,β-unsaturated/α-hetero) is 1. The second-order valence-electron chi connectivity index (χ2n) is 6.19. The highest BCUT2D eigenvalue weighted by Crippen LogP contribution is 2.24. The topological polar surface area (TPSA) is 32.3 Å². The third-order valence-electron chi connectivity index (χ3n) is 4.71. The van der Waals surface area contributed by atoms with Gasteiger partial charge in [0.2, 0.25) is 0 Å². The molecule has 21 heavy (non-hydrogen) atoms. The summed E-state index contributed by atoms with van der Waals surface area (Å²) >= 11 is 0. The standard InChI is InChI=1S/C17H23FN2O/c18-13-5-7-14(8-6-13)19-15-9-11-20(12-10-15)16-3-1-2-4-17(16)21/h5-8,15-16,19H,1-4,9-12H2. The lowest BCUT2D eigenvalue weighted by Crippen LogP contribution is -2.48. The number of rotatable bonds is 3. The molecular weight excluding hydrogens is 267 g/mol. The summed E-state index contributed by atoms with van der Waals surface area (Å²) in [5, 5.41) is 3.46. The maximum atomic E-state index is 12.9. The van der Waals surface area contributed by atoms with E-state index >= 15 is 0 Å². The fourth-order valence-electron chi connectivity index (χ4n) is 3.49. The van der Waals surface area contributed by atoms with Gasteiger partial charge in [-0.15, -0.1) is 0 Å². The predicted molar refractivity (Wildman–Crippen MR) is 81.9 cm³/mol. The molecular formula is C17H23FN2O. The van der Waals surface area contributed by atoms with Crippen molar-refractivity contribution in [3.8, 4) is 0 Å². The first-order valence-electron chi connectivity index (χ1n) is 8.01. The Balaban J connectivity index is 1.50. The number of hydrogen-bond acceptors (Lipinski definition) is 3. The van der Waals surface area contributed by atoms with E-state index in [1.54, 1.807) is 12.1 Å². The van der Waals surface area contributed by atoms with Crippen molar-refractivity contribution in [2.45, 2.75) is 50.6 Å². The zero-order valence-corrected chi connectivity index (χ0v) is 12.4. The molecule has 1 aliphatic carbocycles. The maximum absolute atomic E-state index is 12.9. The molecule has 1 N–H and O–H groups in total. The van der Waals surface area contributed by atoms with Crippen LogP contribution in [-0.4, -0.2) is 35.9 Å². The molecule has 1 unspecified atom stereocenters. The molecule has 1 atom stereocenters. The summed E-state index contributed by atoms with van der Waals surface area (Å²) < 4.78 is 12.9. The van der Waals surface area contributed by atoms with Crippen LogP contribution in [0.1, 0.15) is 38.5 Å².